The Labute approximate surface area is 88.0 Å². The maximum atomic E-state index is 11.3. The Morgan fingerprint density at radius 3 is 2.87 bits per heavy atom. The molecule has 1 rings (SSSR count). The number of ether oxygens (including phenoxy) is 1. The summed E-state index contributed by atoms with van der Waals surface area (Å²) in [5.41, 5.74) is 6.39. The molecule has 0 saturated heterocycles. The Bertz CT molecular complexity index is 402. The van der Waals surface area contributed by atoms with E-state index in [-0.39, 0.29) is 5.91 Å². The van der Waals surface area contributed by atoms with E-state index in [0.29, 0.717) is 22.8 Å². The number of hydrogen-bond acceptors (Lipinski definition) is 4. The van der Waals surface area contributed by atoms with Gasteiger partial charge in [0, 0.05) is 11.6 Å². The van der Waals surface area contributed by atoms with E-state index < -0.39 is 0 Å². The van der Waals surface area contributed by atoms with E-state index in [0.717, 1.165) is 0 Å². The molecule has 1 amide bonds. The molecule has 0 atom stereocenters. The Kier molecular flexibility index (Phi) is 3.28. The van der Waals surface area contributed by atoms with E-state index in [2.05, 4.69) is 16.9 Å². The highest BCUT2D eigenvalue weighted by Crippen LogP contribution is 2.23. The largest absolute Gasteiger partial charge is 0.493 e. The fourth-order valence-corrected chi connectivity index (χ4v) is 0.923. The molecule has 15 heavy (non-hydrogen) atoms. The van der Waals surface area contributed by atoms with E-state index in [1.165, 1.54) is 13.3 Å². The lowest BCUT2D eigenvalue weighted by molar-refractivity contribution is -0.112. The molecule has 0 aliphatic rings. The molecule has 5 nitrogen and oxygen atoms in total. The smallest absolute Gasteiger partial charge is 0.251 e. The predicted molar refractivity (Wildman–Crippen MR) is 58.6 cm³/mol. The third-order valence-corrected chi connectivity index (χ3v) is 1.71. The quantitative estimate of drug-likeness (QED) is 0.730. The second kappa shape index (κ2) is 4.45. The van der Waals surface area contributed by atoms with E-state index >= 15 is 0 Å². The van der Waals surface area contributed by atoms with E-state index in [1.807, 2.05) is 0 Å². The van der Waals surface area contributed by atoms with Crippen molar-refractivity contribution in [3.8, 4) is 5.75 Å². The van der Waals surface area contributed by atoms with Crippen molar-refractivity contribution in [2.75, 3.05) is 18.2 Å². The van der Waals surface area contributed by atoms with Crippen LogP contribution in [0.3, 0.4) is 0 Å². The van der Waals surface area contributed by atoms with Gasteiger partial charge in [-0.2, -0.15) is 0 Å². The lowest BCUT2D eigenvalue weighted by Crippen LogP contribution is -2.13. The van der Waals surface area contributed by atoms with Gasteiger partial charge >= 0.3 is 0 Å². The minimum absolute atomic E-state index is 0.300. The molecule has 0 saturated carbocycles. The fraction of sp³-hybridized carbons (Fsp3) is 0.200. The third-order valence-electron chi connectivity index (χ3n) is 1.71. The zero-order valence-electron chi connectivity index (χ0n) is 8.70. The molecule has 1 aromatic heterocycles. The molecule has 80 valence electrons. The number of nitrogens with one attached hydrogen (secondary N) is 1. The number of aromatic nitrogens is 1. The summed E-state index contributed by atoms with van der Waals surface area (Å²) in [6.07, 6.45) is 1.44. The first-order chi connectivity index (χ1) is 7.04. The summed E-state index contributed by atoms with van der Waals surface area (Å²) >= 11 is 0. The SMILES string of the molecule is C=C(C)C(=O)Nc1ncc(N)cc1OC. The van der Waals surface area contributed by atoms with Crippen molar-refractivity contribution in [3.63, 3.8) is 0 Å². The van der Waals surface area contributed by atoms with Crippen molar-refractivity contribution in [2.45, 2.75) is 6.92 Å². The summed E-state index contributed by atoms with van der Waals surface area (Å²) in [4.78, 5) is 15.3. The maximum Gasteiger partial charge on any atom is 0.251 e. The number of rotatable bonds is 3. The van der Waals surface area contributed by atoms with Gasteiger partial charge in [-0.15, -0.1) is 0 Å². The van der Waals surface area contributed by atoms with Crippen LogP contribution in [0.1, 0.15) is 6.92 Å². The van der Waals surface area contributed by atoms with Gasteiger partial charge < -0.3 is 15.8 Å². The molecular formula is C10H13N3O2. The molecule has 0 unspecified atom stereocenters. The van der Waals surface area contributed by atoms with Gasteiger partial charge in [-0.25, -0.2) is 4.98 Å². The maximum absolute atomic E-state index is 11.3. The topological polar surface area (TPSA) is 77.2 Å². The minimum atomic E-state index is -0.300. The second-order valence-electron chi connectivity index (χ2n) is 3.05. The number of anilines is 2. The van der Waals surface area contributed by atoms with Crippen molar-refractivity contribution < 1.29 is 9.53 Å². The first-order valence-electron chi connectivity index (χ1n) is 4.31. The van der Waals surface area contributed by atoms with Crippen molar-refractivity contribution in [1.82, 2.24) is 4.98 Å². The molecule has 0 aliphatic heterocycles. The number of pyridine rings is 1. The van der Waals surface area contributed by atoms with Crippen LogP contribution in [-0.2, 0) is 4.79 Å². The monoisotopic (exact) mass is 207 g/mol. The summed E-state index contributed by atoms with van der Waals surface area (Å²) < 4.78 is 5.02. The van der Waals surface area contributed by atoms with Crippen LogP contribution in [0.15, 0.2) is 24.4 Å². The van der Waals surface area contributed by atoms with Crippen molar-refractivity contribution >= 4 is 17.4 Å². The van der Waals surface area contributed by atoms with Crippen LogP contribution >= 0.6 is 0 Å². The Balaban J connectivity index is 2.94. The molecule has 1 heterocycles. The van der Waals surface area contributed by atoms with Gasteiger partial charge in [-0.05, 0) is 6.92 Å². The average Bonchev–Trinajstić information content (AvgIpc) is 2.20. The van der Waals surface area contributed by atoms with Crippen LogP contribution < -0.4 is 15.8 Å². The van der Waals surface area contributed by atoms with Crippen LogP contribution in [-0.4, -0.2) is 18.0 Å². The highest BCUT2D eigenvalue weighted by Gasteiger charge is 2.09. The second-order valence-corrected chi connectivity index (χ2v) is 3.05. The lowest BCUT2D eigenvalue weighted by atomic mass is 10.3. The molecule has 0 spiro atoms. The molecule has 1 aromatic rings. The summed E-state index contributed by atoms with van der Waals surface area (Å²) in [5, 5.41) is 2.56. The van der Waals surface area contributed by atoms with Gasteiger partial charge in [-0.1, -0.05) is 6.58 Å². The molecule has 0 aliphatic carbocycles. The Morgan fingerprint density at radius 2 is 2.33 bits per heavy atom. The van der Waals surface area contributed by atoms with Crippen LogP contribution in [0.2, 0.25) is 0 Å². The molecular weight excluding hydrogens is 194 g/mol. The summed E-state index contributed by atoms with van der Waals surface area (Å²) in [7, 11) is 1.48. The van der Waals surface area contributed by atoms with Gasteiger partial charge in [0.2, 0.25) is 0 Å². The van der Waals surface area contributed by atoms with E-state index in [4.69, 9.17) is 10.5 Å². The number of nitrogens with zero attached hydrogens (tertiary/aromatic N) is 1. The Hall–Kier alpha value is -2.04. The molecule has 0 bridgehead atoms. The minimum Gasteiger partial charge on any atom is -0.493 e. The number of amides is 1. The highest BCUT2D eigenvalue weighted by molar-refractivity contribution is 6.03. The first-order valence-corrected chi connectivity index (χ1v) is 4.31. The Morgan fingerprint density at radius 1 is 1.67 bits per heavy atom. The van der Waals surface area contributed by atoms with E-state index in [9.17, 15) is 4.79 Å². The number of nitrogens with two attached hydrogens (primary N) is 1. The van der Waals surface area contributed by atoms with Gasteiger partial charge in [0.1, 0.15) is 0 Å². The van der Waals surface area contributed by atoms with Gasteiger partial charge in [0.05, 0.1) is 19.0 Å². The van der Waals surface area contributed by atoms with Gasteiger partial charge in [0.25, 0.3) is 5.91 Å². The molecule has 5 heteroatoms. The van der Waals surface area contributed by atoms with Gasteiger partial charge in [0.15, 0.2) is 11.6 Å². The summed E-state index contributed by atoms with van der Waals surface area (Å²) in [5.74, 6) is 0.454. The lowest BCUT2D eigenvalue weighted by Gasteiger charge is -2.09. The summed E-state index contributed by atoms with van der Waals surface area (Å²) in [6, 6.07) is 1.58. The molecule has 3 N–H and O–H groups in total. The number of methoxy groups -OCH3 is 1. The van der Waals surface area contributed by atoms with Crippen molar-refractivity contribution in [2.24, 2.45) is 0 Å². The van der Waals surface area contributed by atoms with Crippen molar-refractivity contribution in [3.05, 3.63) is 24.4 Å². The average molecular weight is 207 g/mol. The summed E-state index contributed by atoms with van der Waals surface area (Å²) in [6.45, 7) is 5.13. The molecule has 0 aromatic carbocycles. The zero-order valence-corrected chi connectivity index (χ0v) is 8.70. The zero-order chi connectivity index (χ0) is 11.4. The van der Waals surface area contributed by atoms with E-state index in [1.54, 1.807) is 13.0 Å². The van der Waals surface area contributed by atoms with Crippen LogP contribution in [0.5, 0.6) is 5.75 Å². The van der Waals surface area contributed by atoms with Crippen LogP contribution in [0.25, 0.3) is 0 Å². The van der Waals surface area contributed by atoms with Gasteiger partial charge in [-0.3, -0.25) is 4.79 Å². The van der Waals surface area contributed by atoms with Crippen LogP contribution in [0, 0.1) is 0 Å². The molecule has 0 radical (unpaired) electrons. The highest BCUT2D eigenvalue weighted by atomic mass is 16.5. The number of nitrogen functional groups attached to an aromatic ring is 1. The molecule has 0 fully saturated rings. The third kappa shape index (κ3) is 2.70. The first kappa shape index (κ1) is 11.0. The van der Waals surface area contributed by atoms with Crippen molar-refractivity contribution in [1.29, 1.82) is 0 Å². The standard InChI is InChI=1S/C10H13N3O2/c1-6(2)10(14)13-9-8(15-3)4-7(11)5-12-9/h4-5H,1,11H2,2-3H3,(H,12,13,14). The fourth-order valence-electron chi connectivity index (χ4n) is 0.923. The number of hydrogen-bond donors (Lipinski definition) is 2. The van der Waals surface area contributed by atoms with Crippen LogP contribution in [0.4, 0.5) is 11.5 Å². The number of carbonyl (C=O) groups excluding carboxylic acids is 1. The number of carbonyl (C=O) groups is 1. The predicted octanol–water partition coefficient (Wildman–Crippen LogP) is 1.19. The normalized spacial score (nSPS) is 9.47.